The zero-order valence-electron chi connectivity index (χ0n) is 5.24. The van der Waals surface area contributed by atoms with Crippen molar-refractivity contribution in [3.63, 3.8) is 0 Å². The van der Waals surface area contributed by atoms with Gasteiger partial charge in [0.05, 0.1) is 5.56 Å². The summed E-state index contributed by atoms with van der Waals surface area (Å²) >= 11 is 0. The Balaban J connectivity index is 0.000000810. The molecule has 0 aliphatic rings. The molecule has 0 unspecified atom stereocenters. The number of hydrogen-bond donors (Lipinski definition) is 1. The summed E-state index contributed by atoms with van der Waals surface area (Å²) in [6.07, 6.45) is 0.620. The van der Waals surface area contributed by atoms with Crippen LogP contribution in [0.1, 0.15) is 10.4 Å². The Hall–Kier alpha value is 0.0666. The average Bonchev–Trinajstić information content (AvgIpc) is 1.89. The van der Waals surface area contributed by atoms with Crippen molar-refractivity contribution in [3.05, 3.63) is 29.8 Å². The van der Waals surface area contributed by atoms with E-state index in [0.717, 1.165) is 0 Å². The van der Waals surface area contributed by atoms with Crippen LogP contribution in [0.3, 0.4) is 0 Å². The maximum absolute atomic E-state index is 10.1. The summed E-state index contributed by atoms with van der Waals surface area (Å²) in [4.78, 5) is 10.1. The SMILES string of the molecule is O=Cc1ccccc1O.[Ce]. The number of rotatable bonds is 1. The predicted molar refractivity (Wildman–Crippen MR) is 33.5 cm³/mol. The molecule has 0 fully saturated rings. The van der Waals surface area contributed by atoms with Gasteiger partial charge in [-0.1, -0.05) is 12.1 Å². The number of phenols is 1. The van der Waals surface area contributed by atoms with E-state index in [-0.39, 0.29) is 47.5 Å². The monoisotopic (exact) mass is 262 g/mol. The summed E-state index contributed by atoms with van der Waals surface area (Å²) in [5, 5.41) is 8.88. The van der Waals surface area contributed by atoms with Gasteiger partial charge < -0.3 is 5.11 Å². The van der Waals surface area contributed by atoms with Crippen molar-refractivity contribution in [1.82, 2.24) is 0 Å². The largest absolute Gasteiger partial charge is 0.507 e. The molecular formula is C7H6CeO2. The molecule has 3 heteroatoms. The van der Waals surface area contributed by atoms with Gasteiger partial charge >= 0.3 is 0 Å². The normalized spacial score (nSPS) is 8.00. The van der Waals surface area contributed by atoms with Crippen LogP contribution in [0.25, 0.3) is 0 Å². The molecule has 1 N–H and O–H groups in total. The van der Waals surface area contributed by atoms with E-state index in [1.165, 1.54) is 6.07 Å². The number of carbonyl (C=O) groups is 1. The van der Waals surface area contributed by atoms with Crippen molar-refractivity contribution >= 4 is 6.29 Å². The van der Waals surface area contributed by atoms with E-state index in [1.807, 2.05) is 0 Å². The summed E-state index contributed by atoms with van der Waals surface area (Å²) < 4.78 is 0. The van der Waals surface area contributed by atoms with Crippen molar-refractivity contribution in [2.24, 2.45) is 0 Å². The number of hydrogen-bond acceptors (Lipinski definition) is 2. The zero-order chi connectivity index (χ0) is 6.69. The second-order valence-corrected chi connectivity index (χ2v) is 1.68. The van der Waals surface area contributed by atoms with Gasteiger partial charge in [-0.25, -0.2) is 0 Å². The molecule has 50 valence electrons. The second-order valence-electron chi connectivity index (χ2n) is 1.68. The molecule has 0 spiro atoms. The Morgan fingerprint density at radius 2 is 1.90 bits per heavy atom. The Morgan fingerprint density at radius 1 is 1.30 bits per heavy atom. The molecule has 0 aliphatic carbocycles. The third-order valence-electron chi connectivity index (χ3n) is 1.06. The standard InChI is InChI=1S/C7H6O2.Ce/c8-5-6-3-1-2-4-7(6)9;/h1-5,9H;. The first-order valence-electron chi connectivity index (χ1n) is 2.58. The van der Waals surface area contributed by atoms with Gasteiger partial charge in [-0.15, -0.1) is 0 Å². The molecule has 1 rings (SSSR count). The van der Waals surface area contributed by atoms with Crippen LogP contribution < -0.4 is 0 Å². The molecule has 2 nitrogen and oxygen atoms in total. The van der Waals surface area contributed by atoms with Gasteiger partial charge in [0.25, 0.3) is 0 Å². The molecule has 1 aromatic rings. The molecule has 0 aromatic heterocycles. The molecule has 0 amide bonds. The molecule has 0 atom stereocenters. The number of carbonyl (C=O) groups excluding carboxylic acids is 1. The fraction of sp³-hybridized carbons (Fsp3) is 0. The summed E-state index contributed by atoms with van der Waals surface area (Å²) in [7, 11) is 0. The van der Waals surface area contributed by atoms with Crippen molar-refractivity contribution < 1.29 is 51.6 Å². The minimum Gasteiger partial charge on any atom is -0.507 e. The molecule has 0 saturated carbocycles. The number of benzene rings is 1. The third kappa shape index (κ3) is 2.36. The van der Waals surface area contributed by atoms with Crippen LogP contribution in [-0.4, -0.2) is 11.4 Å². The quantitative estimate of drug-likeness (QED) is 0.772. The molecular weight excluding hydrogens is 256 g/mol. The Labute approximate surface area is 92.6 Å². The first-order valence-corrected chi connectivity index (χ1v) is 2.58. The molecule has 0 bridgehead atoms. The van der Waals surface area contributed by atoms with Gasteiger partial charge in [0, 0.05) is 41.7 Å². The summed E-state index contributed by atoms with van der Waals surface area (Å²) in [6.45, 7) is 0. The molecule has 0 heterocycles. The number of para-hydroxylation sites is 1. The molecule has 1 aromatic carbocycles. The van der Waals surface area contributed by atoms with Gasteiger partial charge in [-0.2, -0.15) is 0 Å². The topological polar surface area (TPSA) is 37.3 Å². The van der Waals surface area contributed by atoms with Crippen LogP contribution >= 0.6 is 0 Å². The average molecular weight is 262 g/mol. The van der Waals surface area contributed by atoms with E-state index in [9.17, 15) is 4.79 Å². The molecule has 10 heavy (non-hydrogen) atoms. The fourth-order valence-electron chi connectivity index (χ4n) is 0.587. The number of phenolic OH excluding ortho intramolecular Hbond substituents is 1. The Morgan fingerprint density at radius 3 is 2.30 bits per heavy atom. The summed E-state index contributed by atoms with van der Waals surface area (Å²) in [6, 6.07) is 6.40. The summed E-state index contributed by atoms with van der Waals surface area (Å²) in [5.41, 5.74) is 0.331. The van der Waals surface area contributed by atoms with E-state index in [1.54, 1.807) is 18.2 Å². The fourth-order valence-corrected chi connectivity index (χ4v) is 0.587. The van der Waals surface area contributed by atoms with Crippen LogP contribution in [-0.2, 0) is 0 Å². The van der Waals surface area contributed by atoms with E-state index >= 15 is 0 Å². The third-order valence-corrected chi connectivity index (χ3v) is 1.06. The first-order chi connectivity index (χ1) is 4.34. The van der Waals surface area contributed by atoms with Gasteiger partial charge in [0.1, 0.15) is 5.75 Å². The van der Waals surface area contributed by atoms with Gasteiger partial charge in [0.15, 0.2) is 6.29 Å². The number of aldehydes is 1. The van der Waals surface area contributed by atoms with Crippen molar-refractivity contribution in [1.29, 1.82) is 0 Å². The van der Waals surface area contributed by atoms with Crippen molar-refractivity contribution in [3.8, 4) is 5.75 Å². The van der Waals surface area contributed by atoms with Crippen LogP contribution in [0.4, 0.5) is 0 Å². The minimum absolute atomic E-state index is 0. The van der Waals surface area contributed by atoms with Gasteiger partial charge in [0.2, 0.25) is 0 Å². The Bertz CT molecular complexity index is 223. The first kappa shape index (κ1) is 10.1. The summed E-state index contributed by atoms with van der Waals surface area (Å²) in [5.74, 6) is 0.0347. The maximum atomic E-state index is 10.1. The second kappa shape index (κ2) is 4.82. The predicted octanol–water partition coefficient (Wildman–Crippen LogP) is 1.20. The van der Waals surface area contributed by atoms with Gasteiger partial charge in [-0.3, -0.25) is 4.79 Å². The van der Waals surface area contributed by atoms with Crippen LogP contribution in [0.2, 0.25) is 0 Å². The molecule has 0 saturated heterocycles. The maximum Gasteiger partial charge on any atom is 0.153 e. The van der Waals surface area contributed by atoms with E-state index in [0.29, 0.717) is 11.8 Å². The zero-order valence-corrected chi connectivity index (χ0v) is 8.38. The van der Waals surface area contributed by atoms with Crippen LogP contribution in [0.15, 0.2) is 24.3 Å². The molecule has 0 aliphatic heterocycles. The van der Waals surface area contributed by atoms with Crippen molar-refractivity contribution in [2.75, 3.05) is 0 Å². The Kier molecular flexibility index (Phi) is 4.85. The minimum atomic E-state index is 0. The van der Waals surface area contributed by atoms with E-state index in [2.05, 4.69) is 0 Å². The smallest absolute Gasteiger partial charge is 0.153 e. The van der Waals surface area contributed by atoms with E-state index < -0.39 is 0 Å². The van der Waals surface area contributed by atoms with Crippen molar-refractivity contribution in [2.45, 2.75) is 0 Å². The van der Waals surface area contributed by atoms with E-state index in [4.69, 9.17) is 5.11 Å². The van der Waals surface area contributed by atoms with Gasteiger partial charge in [-0.05, 0) is 12.1 Å². The van der Waals surface area contributed by atoms with Crippen LogP contribution in [0, 0.1) is 41.7 Å². The molecule has 0 radical (unpaired) electrons. The number of aromatic hydroxyl groups is 1. The van der Waals surface area contributed by atoms with Crippen LogP contribution in [0.5, 0.6) is 5.75 Å².